The van der Waals surface area contributed by atoms with Crippen molar-refractivity contribution >= 4 is 114 Å². The second-order valence-electron chi connectivity index (χ2n) is 41.2. The topological polar surface area (TPSA) is 13.0 Å². The van der Waals surface area contributed by atoms with Crippen LogP contribution >= 0.6 is 45.3 Å². The van der Waals surface area contributed by atoms with Crippen molar-refractivity contribution in [1.29, 1.82) is 0 Å². The van der Waals surface area contributed by atoms with Crippen molar-refractivity contribution < 1.29 is 0 Å². The van der Waals surface area contributed by atoms with Crippen LogP contribution in [0.5, 0.6) is 0 Å². The minimum atomic E-state index is -0.852. The molecule has 28 rings (SSSR count). The molecule has 4 aliphatic heterocycles. The third kappa shape index (κ3) is 12.5. The lowest BCUT2D eigenvalue weighted by atomic mass is 9.53. The molecule has 0 saturated carbocycles. The molecule has 0 N–H and O–H groups in total. The lowest BCUT2D eigenvalue weighted by Gasteiger charge is -2.53. The molecule has 2 aliphatic carbocycles. The van der Waals surface area contributed by atoms with Crippen molar-refractivity contribution in [2.75, 3.05) is 19.6 Å². The minimum absolute atomic E-state index is 0.0207. The van der Waals surface area contributed by atoms with Crippen LogP contribution in [0.1, 0.15) is 139 Å². The van der Waals surface area contributed by atoms with Gasteiger partial charge in [0.1, 0.15) is 0 Å². The van der Waals surface area contributed by atoms with Gasteiger partial charge in [0.05, 0.1) is 67.2 Å². The third-order valence-corrected chi connectivity index (χ3v) is 36.7. The van der Waals surface area contributed by atoms with Gasteiger partial charge in [-0.25, -0.2) is 0 Å². The van der Waals surface area contributed by atoms with Crippen molar-refractivity contribution in [1.82, 2.24) is 0 Å². The van der Waals surface area contributed by atoms with Gasteiger partial charge in [0.2, 0.25) is 0 Å². The molecular weight excluding hydrogens is 1820 g/mol. The molecule has 0 atom stereocenters. The fraction of sp³-hybridized carbons (Fsp3) is 0.0882. The highest BCUT2D eigenvalue weighted by Crippen LogP contribution is 2.75. The van der Waals surface area contributed by atoms with Gasteiger partial charge in [-0.3, -0.25) is 0 Å². The number of hydrogen-bond acceptors (Lipinski definition) is 8. The molecular formula is C136H98N4S4. The number of benzene rings is 18. The number of thiophene rings is 4. The summed E-state index contributed by atoms with van der Waals surface area (Å²) in [7, 11) is 0. The summed E-state index contributed by atoms with van der Waals surface area (Å²) in [6, 6.07) is 186. The number of hydrogen-bond donors (Lipinski definition) is 0. The van der Waals surface area contributed by atoms with E-state index in [4.69, 9.17) is 0 Å². The molecule has 0 radical (unpaired) electrons. The van der Waals surface area contributed by atoms with Gasteiger partial charge in [0.25, 0.3) is 0 Å². The van der Waals surface area contributed by atoms with Crippen LogP contribution in [0.3, 0.4) is 0 Å². The van der Waals surface area contributed by atoms with E-state index in [-0.39, 0.29) is 10.8 Å². The number of anilines is 12. The van der Waals surface area contributed by atoms with Gasteiger partial charge in [-0.05, 0) is 278 Å². The highest BCUT2D eigenvalue weighted by Gasteiger charge is 2.64. The molecule has 8 heterocycles. The lowest BCUT2D eigenvalue weighted by molar-refractivity contribution is 0.590. The van der Waals surface area contributed by atoms with Crippen LogP contribution < -0.4 is 19.6 Å². The molecule has 4 spiro atoms. The Morgan fingerprint density at radius 1 is 0.153 bits per heavy atom. The Bertz CT molecular complexity index is 8420. The van der Waals surface area contributed by atoms with E-state index in [9.17, 15) is 0 Å². The highest BCUT2D eigenvalue weighted by atomic mass is 32.1. The molecule has 0 fully saturated rings. The standard InChI is InChI=1S/C136H98N4S4/c1-131(2,3)97-73-65-91(66-74-97)123-83-111-128(142-123)134(112-84-124(92-67-75-98(76-68-92)132(4,5)6)141-127(112)133(111)103-49-19-27-57-115(103)137(99-45-15-9-16-46-99)116-58-28-20-50-104(116)133)107-53-23-31-61-119(107)139(120-62-32-24-54-108(120)134)101-77-69-89(70-78-101)90-71-79-102(80-72-90)140-121-63-33-25-55-109(121)136(110-56-26-34-64-122(110)140)114-86-126(96-44-36-42-94(82-96)88-39-13-8-14-40-88)143-129(114)135(113-85-125(144-130(113)136)95-43-35-41-93(81-95)87-37-11-7-12-38-87)105-51-21-29-59-117(105)138(100-47-17-10-18-48-100)118-60-30-22-52-106(118)135/h7-86H,1-6H3. The summed E-state index contributed by atoms with van der Waals surface area (Å²) < 4.78 is 0. The molecule has 686 valence electrons. The second-order valence-corrected chi connectivity index (χ2v) is 45.4. The third-order valence-electron chi connectivity index (χ3n) is 31.5. The molecule has 4 nitrogen and oxygen atoms in total. The first-order valence-electron chi connectivity index (χ1n) is 50.1. The Morgan fingerprint density at radius 3 is 0.583 bits per heavy atom. The van der Waals surface area contributed by atoms with Gasteiger partial charge in [-0.15, -0.1) is 45.3 Å². The molecule has 144 heavy (non-hydrogen) atoms. The Hall–Kier alpha value is -16.0. The first-order chi connectivity index (χ1) is 70.7. The largest absolute Gasteiger partial charge is 0.310 e. The smallest absolute Gasteiger partial charge is 0.0850 e. The van der Waals surface area contributed by atoms with E-state index in [1.807, 2.05) is 45.3 Å². The summed E-state index contributed by atoms with van der Waals surface area (Å²) in [4.78, 5) is 20.4. The van der Waals surface area contributed by atoms with Gasteiger partial charge >= 0.3 is 0 Å². The maximum absolute atomic E-state index is 2.64. The zero-order chi connectivity index (χ0) is 96.1. The summed E-state index contributed by atoms with van der Waals surface area (Å²) in [6.45, 7) is 13.9. The van der Waals surface area contributed by atoms with E-state index < -0.39 is 21.7 Å². The van der Waals surface area contributed by atoms with Gasteiger partial charge in [0.15, 0.2) is 0 Å². The molecule has 6 aliphatic rings. The van der Waals surface area contributed by atoms with E-state index in [0.717, 1.165) is 68.0 Å². The molecule has 0 unspecified atom stereocenters. The number of rotatable bonds is 11. The molecule has 8 heteroatoms. The summed E-state index contributed by atoms with van der Waals surface area (Å²) in [5.74, 6) is 0. The fourth-order valence-corrected chi connectivity index (χ4v) is 30.9. The second kappa shape index (κ2) is 32.8. The summed E-state index contributed by atoms with van der Waals surface area (Å²) in [5.41, 5.74) is 40.1. The molecule has 18 aromatic carbocycles. The Balaban J connectivity index is 0.602. The van der Waals surface area contributed by atoms with E-state index in [0.29, 0.717) is 0 Å². The molecule has 0 amide bonds. The van der Waals surface area contributed by atoms with Crippen molar-refractivity contribution in [3.05, 3.63) is 583 Å². The van der Waals surface area contributed by atoms with Crippen LogP contribution in [0.2, 0.25) is 0 Å². The molecule has 0 bridgehead atoms. The number of fused-ring (bicyclic) bond motifs is 28. The Labute approximate surface area is 858 Å². The Morgan fingerprint density at radius 2 is 0.340 bits per heavy atom. The molecule has 0 saturated heterocycles. The normalized spacial score (nSPS) is 14.6. The van der Waals surface area contributed by atoms with Crippen molar-refractivity contribution in [2.24, 2.45) is 0 Å². The number of nitrogens with zero attached hydrogens (tertiary/aromatic N) is 4. The van der Waals surface area contributed by atoms with Crippen LogP contribution in [0.25, 0.3) is 75.1 Å². The fourth-order valence-electron chi connectivity index (χ4n) is 25.1. The summed E-state index contributed by atoms with van der Waals surface area (Å²) in [5, 5.41) is 0. The highest BCUT2D eigenvalue weighted by molar-refractivity contribution is 7.18. The molecule has 22 aromatic rings. The zero-order valence-corrected chi connectivity index (χ0v) is 83.9. The average molecular weight is 1920 g/mol. The van der Waals surface area contributed by atoms with Crippen LogP contribution in [0, 0.1) is 0 Å². The average Bonchev–Trinajstić information content (AvgIpc) is 1.42. The van der Waals surface area contributed by atoms with Crippen LogP contribution in [0.15, 0.2) is 485 Å². The zero-order valence-electron chi connectivity index (χ0n) is 80.6. The predicted octanol–water partition coefficient (Wildman–Crippen LogP) is 37.5. The summed E-state index contributed by atoms with van der Waals surface area (Å²) >= 11 is 7.93. The van der Waals surface area contributed by atoms with Crippen LogP contribution in [-0.4, -0.2) is 0 Å². The van der Waals surface area contributed by atoms with E-state index >= 15 is 0 Å². The predicted molar refractivity (Wildman–Crippen MR) is 607 cm³/mol. The van der Waals surface area contributed by atoms with Gasteiger partial charge in [0, 0.05) is 61.8 Å². The maximum atomic E-state index is 2.64. The van der Waals surface area contributed by atoms with E-state index in [1.165, 1.54) is 173 Å². The van der Waals surface area contributed by atoms with Gasteiger partial charge in [-0.1, -0.05) is 393 Å². The van der Waals surface area contributed by atoms with Crippen LogP contribution in [0.4, 0.5) is 68.2 Å². The van der Waals surface area contributed by atoms with Crippen molar-refractivity contribution in [3.8, 4) is 75.1 Å². The quantitative estimate of drug-likeness (QED) is 0.128. The number of para-hydroxylation sites is 10. The van der Waals surface area contributed by atoms with Crippen molar-refractivity contribution in [2.45, 2.75) is 74.0 Å². The van der Waals surface area contributed by atoms with Crippen LogP contribution in [-0.2, 0) is 32.5 Å². The summed E-state index contributed by atoms with van der Waals surface area (Å²) in [6.07, 6.45) is 0. The minimum Gasteiger partial charge on any atom is -0.310 e. The van der Waals surface area contributed by atoms with Crippen molar-refractivity contribution in [3.63, 3.8) is 0 Å². The van der Waals surface area contributed by atoms with E-state index in [1.54, 1.807) is 0 Å². The first-order valence-corrected chi connectivity index (χ1v) is 53.3. The maximum Gasteiger partial charge on any atom is 0.0850 e. The SMILES string of the molecule is CC(C)(C)c1ccc(-c2cc3c(s2)C2(c4ccccc4N(c4ccccc4)c4ccccc42)c2cc(-c4ccc(C(C)(C)C)cc4)sc2C32c3ccccc3N(c3ccc(-c4ccc(N5c6ccccc6C6(c7ccccc75)c5cc(-c7cccc(-c8ccccc8)c7)sc5C5(c7ccccc7N(c7ccccc7)c7ccccc75)c5cc(-c7cccc(-c8ccccc8)c7)sc56)cc4)cc3)c3ccccc32)cc1. The molecule has 4 aromatic heterocycles. The van der Waals surface area contributed by atoms with Gasteiger partial charge < -0.3 is 19.6 Å². The monoisotopic (exact) mass is 1910 g/mol. The van der Waals surface area contributed by atoms with E-state index in [2.05, 4.69) is 546 Å². The lowest BCUT2D eigenvalue weighted by Crippen LogP contribution is -2.47. The first kappa shape index (κ1) is 85.9. The van der Waals surface area contributed by atoms with Gasteiger partial charge in [-0.2, -0.15) is 0 Å². The Kier molecular flexibility index (Phi) is 19.5.